The third-order valence-corrected chi connectivity index (χ3v) is 5.30. The van der Waals surface area contributed by atoms with E-state index in [0.29, 0.717) is 37.3 Å². The summed E-state index contributed by atoms with van der Waals surface area (Å²) in [5, 5.41) is 13.6. The molecule has 0 spiro atoms. The molecule has 1 aromatic carbocycles. The highest BCUT2D eigenvalue weighted by Gasteiger charge is 2.26. The van der Waals surface area contributed by atoms with E-state index in [2.05, 4.69) is 21.1 Å². The number of aryl methyl sites for hydroxylation is 3. The van der Waals surface area contributed by atoms with E-state index in [1.807, 2.05) is 30.5 Å². The number of piperazine rings is 1. The number of nitrogens with zero attached hydrogens (tertiary/aromatic N) is 7. The molecular formula is C21H23N7O. The molecule has 4 rings (SSSR count). The Hall–Kier alpha value is -3.47. The highest BCUT2D eigenvalue weighted by Crippen LogP contribution is 2.27. The van der Waals surface area contributed by atoms with Gasteiger partial charge in [0.1, 0.15) is 16.9 Å². The third-order valence-electron chi connectivity index (χ3n) is 5.30. The van der Waals surface area contributed by atoms with E-state index in [0.717, 1.165) is 34.8 Å². The molecule has 29 heavy (non-hydrogen) atoms. The van der Waals surface area contributed by atoms with Gasteiger partial charge in [0.15, 0.2) is 5.82 Å². The normalized spacial score (nSPS) is 14.3. The summed E-state index contributed by atoms with van der Waals surface area (Å²) in [4.78, 5) is 26.3. The summed E-state index contributed by atoms with van der Waals surface area (Å²) < 4.78 is 1.84. The third kappa shape index (κ3) is 3.40. The van der Waals surface area contributed by atoms with Crippen molar-refractivity contribution in [2.45, 2.75) is 20.3 Å². The molecule has 0 saturated carbocycles. The molecule has 0 radical (unpaired) electrons. The Balaban J connectivity index is 1.57. The van der Waals surface area contributed by atoms with Crippen LogP contribution in [0.15, 0.2) is 24.3 Å². The van der Waals surface area contributed by atoms with E-state index >= 15 is 0 Å². The van der Waals surface area contributed by atoms with Crippen molar-refractivity contribution >= 4 is 22.8 Å². The van der Waals surface area contributed by atoms with Crippen LogP contribution in [0.3, 0.4) is 0 Å². The molecule has 1 aliphatic rings. The van der Waals surface area contributed by atoms with Crippen LogP contribution < -0.4 is 4.90 Å². The first kappa shape index (κ1) is 18.9. The van der Waals surface area contributed by atoms with Crippen LogP contribution in [0.1, 0.15) is 34.4 Å². The van der Waals surface area contributed by atoms with Crippen LogP contribution >= 0.6 is 0 Å². The number of carbonyl (C=O) groups is 1. The molecule has 2 aromatic heterocycles. The number of nitriles is 1. The van der Waals surface area contributed by atoms with Gasteiger partial charge in [-0.1, -0.05) is 13.0 Å². The molecule has 0 unspecified atom stereocenters. The quantitative estimate of drug-likeness (QED) is 0.681. The number of amides is 1. The molecule has 1 amide bonds. The monoisotopic (exact) mass is 389 g/mol. The molecule has 0 bridgehead atoms. The van der Waals surface area contributed by atoms with Gasteiger partial charge >= 0.3 is 0 Å². The van der Waals surface area contributed by atoms with Gasteiger partial charge in [0, 0.05) is 45.2 Å². The molecular weight excluding hydrogens is 366 g/mol. The topological polar surface area (TPSA) is 90.9 Å². The lowest BCUT2D eigenvalue weighted by Crippen LogP contribution is -2.49. The summed E-state index contributed by atoms with van der Waals surface area (Å²) in [5.74, 6) is 1.64. The number of hydrogen-bond donors (Lipinski definition) is 0. The first-order chi connectivity index (χ1) is 14.0. The Labute approximate surface area is 169 Å². The largest absolute Gasteiger partial charge is 0.351 e. The number of carbonyl (C=O) groups excluding carboxylic acids is 1. The number of hydrogen-bond acceptors (Lipinski definition) is 6. The number of fused-ring (bicyclic) bond motifs is 1. The minimum atomic E-state index is -0.0415. The minimum absolute atomic E-state index is 0.0415. The Morgan fingerprint density at radius 1 is 1.21 bits per heavy atom. The van der Waals surface area contributed by atoms with Gasteiger partial charge in [0.2, 0.25) is 0 Å². The van der Waals surface area contributed by atoms with E-state index in [9.17, 15) is 4.79 Å². The van der Waals surface area contributed by atoms with Gasteiger partial charge < -0.3 is 9.80 Å². The first-order valence-corrected chi connectivity index (χ1v) is 9.76. The van der Waals surface area contributed by atoms with Crippen LogP contribution in [0.4, 0.5) is 5.82 Å². The van der Waals surface area contributed by atoms with Crippen LogP contribution in [0.25, 0.3) is 11.0 Å². The Morgan fingerprint density at radius 3 is 2.66 bits per heavy atom. The molecule has 1 fully saturated rings. The van der Waals surface area contributed by atoms with Gasteiger partial charge in [0.05, 0.1) is 17.3 Å². The lowest BCUT2D eigenvalue weighted by molar-refractivity contribution is 0.0746. The zero-order chi connectivity index (χ0) is 20.5. The summed E-state index contributed by atoms with van der Waals surface area (Å²) in [6.45, 7) is 6.57. The van der Waals surface area contributed by atoms with Crippen molar-refractivity contribution in [3.8, 4) is 6.07 Å². The average molecular weight is 389 g/mol. The summed E-state index contributed by atoms with van der Waals surface area (Å²) in [7, 11) is 1.91. The minimum Gasteiger partial charge on any atom is -0.351 e. The molecule has 8 nitrogen and oxygen atoms in total. The standard InChI is InChI=1S/C21H23N7O/c1-4-17-23-18-14(2)25-26(3)19(18)20(24-17)27-8-10-28(11-9-27)21(29)16-7-5-6-15(12-16)13-22/h5-7,12H,4,8-11H2,1-3H3. The van der Waals surface area contributed by atoms with E-state index in [1.54, 1.807) is 24.3 Å². The second-order valence-corrected chi connectivity index (χ2v) is 7.20. The van der Waals surface area contributed by atoms with Crippen molar-refractivity contribution in [3.63, 3.8) is 0 Å². The second kappa shape index (κ2) is 7.51. The van der Waals surface area contributed by atoms with Gasteiger partial charge in [-0.3, -0.25) is 9.48 Å². The van der Waals surface area contributed by atoms with Crippen LogP contribution in [-0.4, -0.2) is 56.7 Å². The van der Waals surface area contributed by atoms with Crippen molar-refractivity contribution in [2.24, 2.45) is 7.05 Å². The molecule has 0 atom stereocenters. The van der Waals surface area contributed by atoms with E-state index in [4.69, 9.17) is 10.2 Å². The van der Waals surface area contributed by atoms with E-state index in [1.165, 1.54) is 0 Å². The average Bonchev–Trinajstić information content (AvgIpc) is 3.06. The molecule has 1 saturated heterocycles. The molecule has 0 aliphatic carbocycles. The first-order valence-electron chi connectivity index (χ1n) is 9.76. The van der Waals surface area contributed by atoms with Gasteiger partial charge in [0.25, 0.3) is 5.91 Å². The summed E-state index contributed by atoms with van der Waals surface area (Å²) in [6.07, 6.45) is 0.755. The summed E-state index contributed by atoms with van der Waals surface area (Å²) >= 11 is 0. The maximum absolute atomic E-state index is 12.8. The number of aromatic nitrogens is 4. The Kier molecular flexibility index (Phi) is 4.89. The van der Waals surface area contributed by atoms with E-state index in [-0.39, 0.29) is 5.91 Å². The highest BCUT2D eigenvalue weighted by atomic mass is 16.2. The molecule has 148 valence electrons. The SMILES string of the molecule is CCc1nc(N2CCN(C(=O)c3cccc(C#N)c3)CC2)c2c(n1)c(C)nn2C. The van der Waals surface area contributed by atoms with Gasteiger partial charge in [-0.05, 0) is 25.1 Å². The molecule has 3 heterocycles. The van der Waals surface area contributed by atoms with Gasteiger partial charge in [-0.2, -0.15) is 10.4 Å². The van der Waals surface area contributed by atoms with Gasteiger partial charge in [-0.15, -0.1) is 0 Å². The highest BCUT2D eigenvalue weighted by molar-refractivity contribution is 5.95. The van der Waals surface area contributed by atoms with Crippen LogP contribution in [-0.2, 0) is 13.5 Å². The zero-order valence-electron chi connectivity index (χ0n) is 16.9. The van der Waals surface area contributed by atoms with Gasteiger partial charge in [-0.25, -0.2) is 9.97 Å². The zero-order valence-corrected chi connectivity index (χ0v) is 16.9. The summed E-state index contributed by atoms with van der Waals surface area (Å²) in [5.41, 5.74) is 3.77. The maximum atomic E-state index is 12.8. The van der Waals surface area contributed by atoms with Crippen molar-refractivity contribution in [2.75, 3.05) is 31.1 Å². The van der Waals surface area contributed by atoms with Crippen molar-refractivity contribution < 1.29 is 4.79 Å². The number of rotatable bonds is 3. The Morgan fingerprint density at radius 2 is 1.97 bits per heavy atom. The second-order valence-electron chi connectivity index (χ2n) is 7.20. The lowest BCUT2D eigenvalue weighted by Gasteiger charge is -2.35. The number of benzene rings is 1. The van der Waals surface area contributed by atoms with Crippen molar-refractivity contribution in [1.82, 2.24) is 24.6 Å². The fourth-order valence-corrected chi connectivity index (χ4v) is 3.76. The predicted octanol–water partition coefficient (Wildman–Crippen LogP) is 2.07. The van der Waals surface area contributed by atoms with Crippen molar-refractivity contribution in [1.29, 1.82) is 5.26 Å². The molecule has 8 heteroatoms. The fourth-order valence-electron chi connectivity index (χ4n) is 3.76. The lowest BCUT2D eigenvalue weighted by atomic mass is 10.1. The summed E-state index contributed by atoms with van der Waals surface area (Å²) in [6, 6.07) is 8.95. The van der Waals surface area contributed by atoms with Crippen LogP contribution in [0, 0.1) is 18.3 Å². The van der Waals surface area contributed by atoms with Crippen LogP contribution in [0.5, 0.6) is 0 Å². The molecule has 0 N–H and O–H groups in total. The predicted molar refractivity (Wildman–Crippen MR) is 110 cm³/mol. The Bertz CT molecular complexity index is 1120. The van der Waals surface area contributed by atoms with Crippen molar-refractivity contribution in [3.05, 3.63) is 46.9 Å². The smallest absolute Gasteiger partial charge is 0.254 e. The molecule has 1 aliphatic heterocycles. The molecule has 3 aromatic rings. The fraction of sp³-hybridized carbons (Fsp3) is 0.381. The maximum Gasteiger partial charge on any atom is 0.254 e. The number of anilines is 1. The van der Waals surface area contributed by atoms with E-state index < -0.39 is 0 Å². The van der Waals surface area contributed by atoms with Crippen LogP contribution in [0.2, 0.25) is 0 Å².